The highest BCUT2D eigenvalue weighted by molar-refractivity contribution is 7.90. The van der Waals surface area contributed by atoms with Crippen molar-refractivity contribution in [3.05, 3.63) is 0 Å². The van der Waals surface area contributed by atoms with Crippen LogP contribution < -0.4 is 4.72 Å². The van der Waals surface area contributed by atoms with Gasteiger partial charge in [-0.15, -0.1) is 0 Å². The number of hydrogen-bond donors (Lipinski definition) is 1. The maximum absolute atomic E-state index is 10.9. The fraction of sp³-hybridized carbons (Fsp3) is 1.00. The van der Waals surface area contributed by atoms with Gasteiger partial charge in [0.05, 0.1) is 11.5 Å². The van der Waals surface area contributed by atoms with E-state index in [1.165, 1.54) is 6.92 Å². The van der Waals surface area contributed by atoms with Crippen molar-refractivity contribution in [2.45, 2.75) is 13.3 Å². The van der Waals surface area contributed by atoms with Gasteiger partial charge in [-0.05, 0) is 13.3 Å². The third-order valence-electron chi connectivity index (χ3n) is 1.39. The second-order valence-electron chi connectivity index (χ2n) is 2.78. The largest absolute Gasteiger partial charge is 0.229 e. The minimum atomic E-state index is -3.18. The summed E-state index contributed by atoms with van der Waals surface area (Å²) in [5, 5.41) is 0. The molecule has 0 aliphatic heterocycles. The zero-order chi connectivity index (χ0) is 10.5. The molecule has 0 radical (unpaired) electrons. The Morgan fingerprint density at radius 3 is 2.08 bits per heavy atom. The van der Waals surface area contributed by atoms with Crippen LogP contribution in [-0.2, 0) is 19.9 Å². The van der Waals surface area contributed by atoms with E-state index in [4.69, 9.17) is 0 Å². The summed E-state index contributed by atoms with van der Waals surface area (Å²) in [6, 6.07) is 0. The highest BCUT2D eigenvalue weighted by atomic mass is 32.2. The Morgan fingerprint density at radius 1 is 1.15 bits per heavy atom. The highest BCUT2D eigenvalue weighted by Crippen LogP contribution is 1.89. The molecule has 0 aromatic rings. The molecule has 1 N–H and O–H groups in total. The van der Waals surface area contributed by atoms with E-state index < -0.39 is 19.9 Å². The van der Waals surface area contributed by atoms with Gasteiger partial charge in [-0.2, -0.15) is 0 Å². The molecule has 0 aromatic heterocycles. The van der Waals surface area contributed by atoms with Crippen LogP contribution >= 0.6 is 0 Å². The quantitative estimate of drug-likeness (QED) is 0.614. The van der Waals surface area contributed by atoms with Crippen LogP contribution in [0, 0.1) is 0 Å². The molecular weight excluding hydrogens is 214 g/mol. The molecule has 0 heterocycles. The van der Waals surface area contributed by atoms with Crippen molar-refractivity contribution in [1.29, 1.82) is 0 Å². The fourth-order valence-corrected chi connectivity index (χ4v) is 1.99. The van der Waals surface area contributed by atoms with Crippen molar-refractivity contribution in [2.75, 3.05) is 24.3 Å². The van der Waals surface area contributed by atoms with E-state index >= 15 is 0 Å². The average molecular weight is 229 g/mol. The molecule has 0 spiro atoms. The molecule has 0 bridgehead atoms. The maximum atomic E-state index is 10.9. The van der Waals surface area contributed by atoms with Gasteiger partial charge in [-0.3, -0.25) is 0 Å². The van der Waals surface area contributed by atoms with E-state index in [0.717, 1.165) is 6.26 Å². The minimum Gasteiger partial charge on any atom is -0.229 e. The highest BCUT2D eigenvalue weighted by Gasteiger charge is 2.06. The summed E-state index contributed by atoms with van der Waals surface area (Å²) in [7, 11) is -6.17. The molecule has 5 nitrogen and oxygen atoms in total. The summed E-state index contributed by atoms with van der Waals surface area (Å²) in [6.07, 6.45) is 1.44. The van der Waals surface area contributed by atoms with Crippen LogP contribution in [0.4, 0.5) is 0 Å². The molecular formula is C6H15NO4S2. The molecule has 0 aromatic carbocycles. The Labute approximate surface area is 79.5 Å². The fourth-order valence-electron chi connectivity index (χ4n) is 0.664. The Morgan fingerprint density at radius 2 is 1.69 bits per heavy atom. The normalized spacial score (nSPS) is 13.1. The molecule has 80 valence electrons. The molecule has 0 saturated heterocycles. The van der Waals surface area contributed by atoms with Gasteiger partial charge in [0.2, 0.25) is 10.0 Å². The van der Waals surface area contributed by atoms with E-state index in [-0.39, 0.29) is 18.1 Å². The number of rotatable bonds is 6. The van der Waals surface area contributed by atoms with Crippen molar-refractivity contribution >= 4 is 19.9 Å². The Balaban J connectivity index is 3.71. The lowest BCUT2D eigenvalue weighted by molar-refractivity contribution is 0.578. The summed E-state index contributed by atoms with van der Waals surface area (Å²) in [5.74, 6) is 0.0328. The zero-order valence-corrected chi connectivity index (χ0v) is 9.41. The van der Waals surface area contributed by atoms with Crippen molar-refractivity contribution in [3.8, 4) is 0 Å². The predicted octanol–water partition coefficient (Wildman–Crippen LogP) is -0.640. The van der Waals surface area contributed by atoms with Gasteiger partial charge in [0.15, 0.2) is 0 Å². The van der Waals surface area contributed by atoms with Crippen LogP contribution in [0.2, 0.25) is 0 Å². The molecule has 0 unspecified atom stereocenters. The third-order valence-corrected chi connectivity index (χ3v) is 3.83. The summed E-state index contributed by atoms with van der Waals surface area (Å²) < 4.78 is 45.3. The lowest BCUT2D eigenvalue weighted by Gasteiger charge is -2.02. The lowest BCUT2D eigenvalue weighted by atomic mass is 10.5. The van der Waals surface area contributed by atoms with E-state index in [1.807, 2.05) is 0 Å². The number of hydrogen-bond acceptors (Lipinski definition) is 4. The summed E-state index contributed by atoms with van der Waals surface area (Å²) in [5.41, 5.74) is 0. The topological polar surface area (TPSA) is 80.3 Å². The molecule has 0 rings (SSSR count). The standard InChI is InChI=1S/C6H15NO4S2/c1-3-13(10,11)7-5-4-6-12(2,8)9/h7H,3-6H2,1-2H3. The summed E-state index contributed by atoms with van der Waals surface area (Å²) >= 11 is 0. The zero-order valence-electron chi connectivity index (χ0n) is 7.78. The van der Waals surface area contributed by atoms with Gasteiger partial charge in [0.1, 0.15) is 9.84 Å². The first-order valence-corrected chi connectivity index (χ1v) is 7.63. The maximum Gasteiger partial charge on any atom is 0.211 e. The van der Waals surface area contributed by atoms with Crippen LogP contribution in [-0.4, -0.2) is 41.1 Å². The van der Waals surface area contributed by atoms with Crippen LogP contribution in [0.3, 0.4) is 0 Å². The Hall–Kier alpha value is -0.140. The van der Waals surface area contributed by atoms with E-state index in [9.17, 15) is 16.8 Å². The molecule has 0 aliphatic carbocycles. The first-order chi connectivity index (χ1) is 5.77. The molecule has 13 heavy (non-hydrogen) atoms. The number of nitrogens with one attached hydrogen (secondary N) is 1. The molecule has 0 fully saturated rings. The number of sulfone groups is 1. The van der Waals surface area contributed by atoms with Crippen LogP contribution in [0.15, 0.2) is 0 Å². The summed E-state index contributed by atoms with van der Waals surface area (Å²) in [6.45, 7) is 1.71. The van der Waals surface area contributed by atoms with Crippen LogP contribution in [0.5, 0.6) is 0 Å². The Bertz CT molecular complexity index is 330. The van der Waals surface area contributed by atoms with Crippen molar-refractivity contribution in [3.63, 3.8) is 0 Å². The average Bonchev–Trinajstić information content (AvgIpc) is 1.97. The first kappa shape index (κ1) is 12.9. The van der Waals surface area contributed by atoms with Gasteiger partial charge in [0.25, 0.3) is 0 Å². The second kappa shape index (κ2) is 4.92. The van der Waals surface area contributed by atoms with Gasteiger partial charge in [-0.1, -0.05) is 0 Å². The monoisotopic (exact) mass is 229 g/mol. The van der Waals surface area contributed by atoms with E-state index in [1.54, 1.807) is 0 Å². The number of sulfonamides is 1. The van der Waals surface area contributed by atoms with Crippen LogP contribution in [0.25, 0.3) is 0 Å². The molecule has 0 atom stereocenters. The molecule has 0 aliphatic rings. The SMILES string of the molecule is CCS(=O)(=O)NCCCS(C)(=O)=O. The van der Waals surface area contributed by atoms with Gasteiger partial charge >= 0.3 is 0 Å². The van der Waals surface area contributed by atoms with Crippen molar-refractivity contribution < 1.29 is 16.8 Å². The second-order valence-corrected chi connectivity index (χ2v) is 7.14. The van der Waals surface area contributed by atoms with E-state index in [0.29, 0.717) is 6.42 Å². The van der Waals surface area contributed by atoms with Crippen LogP contribution in [0.1, 0.15) is 13.3 Å². The minimum absolute atomic E-state index is 0.0131. The van der Waals surface area contributed by atoms with E-state index in [2.05, 4.69) is 4.72 Å². The van der Waals surface area contributed by atoms with Gasteiger partial charge < -0.3 is 0 Å². The Kier molecular flexibility index (Phi) is 4.87. The van der Waals surface area contributed by atoms with Crippen molar-refractivity contribution in [1.82, 2.24) is 4.72 Å². The molecule has 0 amide bonds. The predicted molar refractivity (Wildman–Crippen MR) is 51.8 cm³/mol. The first-order valence-electron chi connectivity index (χ1n) is 3.92. The lowest BCUT2D eigenvalue weighted by Crippen LogP contribution is -2.27. The smallest absolute Gasteiger partial charge is 0.211 e. The molecule has 7 heteroatoms. The summed E-state index contributed by atoms with van der Waals surface area (Å²) in [4.78, 5) is 0. The van der Waals surface area contributed by atoms with Gasteiger partial charge in [0, 0.05) is 12.8 Å². The molecule has 0 saturated carbocycles. The van der Waals surface area contributed by atoms with Crippen molar-refractivity contribution in [2.24, 2.45) is 0 Å². The van der Waals surface area contributed by atoms with Gasteiger partial charge in [-0.25, -0.2) is 21.6 Å². The third kappa shape index (κ3) is 8.20.